The predicted molar refractivity (Wildman–Crippen MR) is 65.0 cm³/mol. The van der Waals surface area contributed by atoms with E-state index in [0.717, 1.165) is 12.1 Å². The van der Waals surface area contributed by atoms with Gasteiger partial charge in [-0.2, -0.15) is 0 Å². The number of carbonyl (C=O) groups excluding carboxylic acids is 1. The van der Waals surface area contributed by atoms with Crippen molar-refractivity contribution in [2.75, 3.05) is 0 Å². The minimum atomic E-state index is -4.77. The molecule has 100 valence electrons. The summed E-state index contributed by atoms with van der Waals surface area (Å²) in [4.78, 5) is 10.6. The molecule has 0 amide bonds. The number of Topliss-reactive ketones (excluding diaryl/α,β-unsaturated/α-hetero) is 1. The van der Waals surface area contributed by atoms with Gasteiger partial charge in [0.1, 0.15) is 11.5 Å². The zero-order valence-electron chi connectivity index (χ0n) is 9.22. The second kappa shape index (κ2) is 5.93. The highest BCUT2D eigenvalue weighted by Gasteiger charge is 2.31. The summed E-state index contributed by atoms with van der Waals surface area (Å²) in [7, 11) is 0. The quantitative estimate of drug-likeness (QED) is 0.758. The molecule has 0 spiro atoms. The van der Waals surface area contributed by atoms with Crippen LogP contribution in [-0.4, -0.2) is 12.1 Å². The molecule has 0 fully saturated rings. The van der Waals surface area contributed by atoms with Gasteiger partial charge in [-0.3, -0.25) is 4.79 Å². The normalized spacial score (nSPS) is 13.2. The molecule has 0 radical (unpaired) electrons. The molecule has 0 bridgehead atoms. The topological polar surface area (TPSA) is 26.3 Å². The summed E-state index contributed by atoms with van der Waals surface area (Å²) in [6, 6.07) is 3.72. The Morgan fingerprint density at radius 3 is 2.56 bits per heavy atom. The second-order valence-electron chi connectivity index (χ2n) is 3.52. The van der Waals surface area contributed by atoms with Crippen LogP contribution >= 0.6 is 27.5 Å². The Morgan fingerprint density at radius 2 is 2.11 bits per heavy atom. The molecule has 0 aliphatic rings. The van der Waals surface area contributed by atoms with Gasteiger partial charge in [0.25, 0.3) is 0 Å². The van der Waals surface area contributed by atoms with Crippen LogP contribution in [0.25, 0.3) is 0 Å². The Balaban J connectivity index is 3.13. The lowest BCUT2D eigenvalue weighted by molar-refractivity contribution is -0.274. The van der Waals surface area contributed by atoms with Crippen LogP contribution in [0.4, 0.5) is 13.2 Å². The fourth-order valence-electron chi connectivity index (χ4n) is 1.35. The average Bonchev–Trinajstić information content (AvgIpc) is 2.25. The van der Waals surface area contributed by atoms with Gasteiger partial charge in [-0.1, -0.05) is 22.0 Å². The van der Waals surface area contributed by atoms with Gasteiger partial charge in [-0.25, -0.2) is 0 Å². The smallest absolute Gasteiger partial charge is 0.406 e. The molecule has 1 atom stereocenters. The first-order valence-corrected chi connectivity index (χ1v) is 6.28. The first-order valence-electron chi connectivity index (χ1n) is 4.83. The van der Waals surface area contributed by atoms with Crippen LogP contribution in [0.15, 0.2) is 18.2 Å². The van der Waals surface area contributed by atoms with Crippen molar-refractivity contribution in [1.29, 1.82) is 0 Å². The first kappa shape index (κ1) is 15.3. The van der Waals surface area contributed by atoms with E-state index in [4.69, 9.17) is 11.6 Å². The molecule has 1 unspecified atom stereocenters. The molecule has 0 aliphatic heterocycles. The molecule has 0 N–H and O–H groups in total. The molecule has 0 aliphatic carbocycles. The zero-order valence-corrected chi connectivity index (χ0v) is 11.6. The maximum atomic E-state index is 12.1. The molecule has 0 aromatic heterocycles. The van der Waals surface area contributed by atoms with Crippen LogP contribution in [0.3, 0.4) is 0 Å². The largest absolute Gasteiger partial charge is 0.573 e. The minimum absolute atomic E-state index is 0.0943. The number of carbonyl (C=O) groups is 1. The van der Waals surface area contributed by atoms with Crippen molar-refractivity contribution < 1.29 is 22.7 Å². The summed E-state index contributed by atoms with van der Waals surface area (Å²) < 4.78 is 40.1. The van der Waals surface area contributed by atoms with Gasteiger partial charge < -0.3 is 4.74 Å². The number of hydrogen-bond acceptors (Lipinski definition) is 2. The first-order chi connectivity index (χ1) is 8.24. The maximum Gasteiger partial charge on any atom is 0.573 e. The van der Waals surface area contributed by atoms with Crippen molar-refractivity contribution in [3.05, 3.63) is 29.3 Å². The van der Waals surface area contributed by atoms with Crippen LogP contribution in [0, 0.1) is 0 Å². The molecule has 2 nitrogen and oxygen atoms in total. The van der Waals surface area contributed by atoms with Gasteiger partial charge >= 0.3 is 6.36 Å². The summed E-state index contributed by atoms with van der Waals surface area (Å²) in [6.07, 6.45) is -4.77. The molecule has 1 rings (SSSR count). The number of halogens is 5. The highest BCUT2D eigenvalue weighted by molar-refractivity contribution is 9.09. The van der Waals surface area contributed by atoms with E-state index in [1.54, 1.807) is 0 Å². The SMILES string of the molecule is CC(=O)C(Br)c1cc(OC(F)(F)F)ccc1CCl. The number of hydrogen-bond donors (Lipinski definition) is 0. The van der Waals surface area contributed by atoms with Gasteiger partial charge in [0.05, 0.1) is 4.83 Å². The molecular weight excluding hydrogens is 336 g/mol. The fraction of sp³-hybridized carbons (Fsp3) is 0.364. The van der Waals surface area contributed by atoms with E-state index < -0.39 is 11.2 Å². The van der Waals surface area contributed by atoms with Gasteiger partial charge in [-0.15, -0.1) is 24.8 Å². The number of ketones is 1. The summed E-state index contributed by atoms with van der Waals surface area (Å²) in [5, 5.41) is 0. The van der Waals surface area contributed by atoms with Gasteiger partial charge in [0, 0.05) is 5.88 Å². The van der Waals surface area contributed by atoms with Crippen molar-refractivity contribution in [3.63, 3.8) is 0 Å². The van der Waals surface area contributed by atoms with Crippen LogP contribution in [-0.2, 0) is 10.7 Å². The van der Waals surface area contributed by atoms with Gasteiger partial charge in [0.2, 0.25) is 0 Å². The van der Waals surface area contributed by atoms with Crippen molar-refractivity contribution in [2.45, 2.75) is 24.0 Å². The van der Waals surface area contributed by atoms with Crippen LogP contribution in [0.1, 0.15) is 22.9 Å². The Morgan fingerprint density at radius 1 is 1.50 bits per heavy atom. The monoisotopic (exact) mass is 344 g/mol. The van der Waals surface area contributed by atoms with Crippen LogP contribution < -0.4 is 4.74 Å². The van der Waals surface area contributed by atoms with E-state index >= 15 is 0 Å². The maximum absolute atomic E-state index is 12.1. The average molecular weight is 346 g/mol. The van der Waals surface area contributed by atoms with Crippen LogP contribution in [0.2, 0.25) is 0 Å². The van der Waals surface area contributed by atoms with E-state index in [9.17, 15) is 18.0 Å². The minimum Gasteiger partial charge on any atom is -0.406 e. The van der Waals surface area contributed by atoms with Crippen LogP contribution in [0.5, 0.6) is 5.75 Å². The fourth-order valence-corrected chi connectivity index (χ4v) is 2.02. The van der Waals surface area contributed by atoms with Crippen molar-refractivity contribution in [3.8, 4) is 5.75 Å². The number of ether oxygens (including phenoxy) is 1. The van der Waals surface area contributed by atoms with E-state index in [1.165, 1.54) is 13.0 Å². The highest BCUT2D eigenvalue weighted by Crippen LogP contribution is 2.33. The van der Waals surface area contributed by atoms with Gasteiger partial charge in [-0.05, 0) is 30.2 Å². The summed E-state index contributed by atoms with van der Waals surface area (Å²) in [6.45, 7) is 1.33. The van der Waals surface area contributed by atoms with Crippen molar-refractivity contribution >= 4 is 33.3 Å². The lowest BCUT2D eigenvalue weighted by atomic mass is 10.0. The molecule has 18 heavy (non-hydrogen) atoms. The summed E-state index contributed by atoms with van der Waals surface area (Å²) in [5.74, 6) is -0.514. The van der Waals surface area contributed by atoms with Crippen molar-refractivity contribution in [1.82, 2.24) is 0 Å². The Labute approximate surface area is 115 Å². The van der Waals surface area contributed by atoms with E-state index in [-0.39, 0.29) is 17.4 Å². The Kier molecular flexibility index (Phi) is 5.04. The zero-order chi connectivity index (χ0) is 13.9. The number of benzene rings is 1. The Bertz CT molecular complexity index is 448. The number of rotatable bonds is 4. The molecule has 0 saturated heterocycles. The number of alkyl halides is 5. The third-order valence-electron chi connectivity index (χ3n) is 2.12. The molecule has 0 saturated carbocycles. The molecule has 7 heteroatoms. The van der Waals surface area contributed by atoms with Gasteiger partial charge in [0.15, 0.2) is 0 Å². The highest BCUT2D eigenvalue weighted by atomic mass is 79.9. The van der Waals surface area contributed by atoms with E-state index in [2.05, 4.69) is 20.7 Å². The lowest BCUT2D eigenvalue weighted by Gasteiger charge is -2.14. The standard InChI is InChI=1S/C11H9BrClF3O2/c1-6(17)10(12)9-4-8(18-11(14,15)16)3-2-7(9)5-13/h2-4,10H,5H2,1H3. The molecule has 0 heterocycles. The molecular formula is C11H9BrClF3O2. The predicted octanol–water partition coefficient (Wildman–Crippen LogP) is 4.35. The molecule has 1 aromatic rings. The third kappa shape index (κ3) is 4.17. The second-order valence-corrected chi connectivity index (χ2v) is 4.70. The van der Waals surface area contributed by atoms with E-state index in [1.807, 2.05) is 0 Å². The summed E-state index contributed by atoms with van der Waals surface area (Å²) >= 11 is 8.78. The summed E-state index contributed by atoms with van der Waals surface area (Å²) in [5.41, 5.74) is 0.947. The molecule has 1 aromatic carbocycles. The Hall–Kier alpha value is -0.750. The third-order valence-corrected chi connectivity index (χ3v) is 3.55. The lowest BCUT2D eigenvalue weighted by Crippen LogP contribution is -2.17. The van der Waals surface area contributed by atoms with Crippen molar-refractivity contribution in [2.24, 2.45) is 0 Å². The van der Waals surface area contributed by atoms with E-state index in [0.29, 0.717) is 11.1 Å².